The zero-order chi connectivity index (χ0) is 16.9. The quantitative estimate of drug-likeness (QED) is 0.902. The van der Waals surface area contributed by atoms with Crippen LogP contribution in [0.5, 0.6) is 0 Å². The largest absolute Gasteiger partial charge is 0.373 e. The zero-order valence-corrected chi connectivity index (χ0v) is 15.0. The van der Waals surface area contributed by atoms with Gasteiger partial charge in [0.15, 0.2) is 0 Å². The number of amides is 1. The van der Waals surface area contributed by atoms with Crippen molar-refractivity contribution >= 4 is 5.91 Å². The van der Waals surface area contributed by atoms with Gasteiger partial charge in [-0.2, -0.15) is 0 Å². The molecule has 1 aromatic carbocycles. The Morgan fingerprint density at radius 2 is 1.75 bits per heavy atom. The molecule has 0 unspecified atom stereocenters. The fraction of sp³-hybridized carbons (Fsp3) is 0.650. The molecule has 4 nitrogen and oxygen atoms in total. The summed E-state index contributed by atoms with van der Waals surface area (Å²) in [6.07, 6.45) is 5.06. The van der Waals surface area contributed by atoms with Crippen molar-refractivity contribution in [1.29, 1.82) is 0 Å². The van der Waals surface area contributed by atoms with Gasteiger partial charge in [-0.25, -0.2) is 0 Å². The monoisotopic (exact) mass is 330 g/mol. The molecule has 1 N–H and O–H groups in total. The molecule has 132 valence electrons. The minimum atomic E-state index is 0.232. The van der Waals surface area contributed by atoms with Gasteiger partial charge >= 0.3 is 0 Å². The van der Waals surface area contributed by atoms with E-state index in [0.717, 1.165) is 32.5 Å². The number of hydrogen-bond donors (Lipinski definition) is 1. The van der Waals surface area contributed by atoms with E-state index < -0.39 is 0 Å². The van der Waals surface area contributed by atoms with E-state index in [1.165, 1.54) is 24.0 Å². The summed E-state index contributed by atoms with van der Waals surface area (Å²) in [6.45, 7) is 7.77. The van der Waals surface area contributed by atoms with Crippen molar-refractivity contribution in [1.82, 2.24) is 10.2 Å². The van der Waals surface area contributed by atoms with Gasteiger partial charge in [0.25, 0.3) is 0 Å². The summed E-state index contributed by atoms with van der Waals surface area (Å²) < 4.78 is 5.82. The Morgan fingerprint density at radius 3 is 2.42 bits per heavy atom. The van der Waals surface area contributed by atoms with Gasteiger partial charge in [0.05, 0.1) is 12.2 Å². The number of ether oxygens (including phenoxy) is 1. The Kier molecular flexibility index (Phi) is 5.90. The molecular formula is C20H30N2O2. The molecule has 1 aliphatic heterocycles. The Hall–Kier alpha value is -1.39. The predicted molar refractivity (Wildman–Crippen MR) is 95.5 cm³/mol. The van der Waals surface area contributed by atoms with Crippen molar-refractivity contribution in [2.75, 3.05) is 13.1 Å². The maximum Gasteiger partial charge on any atom is 0.223 e. The maximum atomic E-state index is 12.3. The van der Waals surface area contributed by atoms with Crippen LogP contribution in [0.2, 0.25) is 0 Å². The standard InChI is InChI=1S/C20H30N2O2/c1-15-12-22(13-16(2)24-15)14-19-10-6-5-9-18(19)11-21-20(23)17-7-3-4-8-17/h5-6,9-10,15-17H,3-4,7-8,11-14H2,1-2H3,(H,21,23)/t15-,16-/m1/s1. The molecule has 2 fully saturated rings. The topological polar surface area (TPSA) is 41.6 Å². The van der Waals surface area contributed by atoms with E-state index in [0.29, 0.717) is 6.54 Å². The molecule has 1 aromatic rings. The number of nitrogens with one attached hydrogen (secondary N) is 1. The number of benzene rings is 1. The lowest BCUT2D eigenvalue weighted by Gasteiger charge is -2.35. The summed E-state index contributed by atoms with van der Waals surface area (Å²) in [4.78, 5) is 14.7. The van der Waals surface area contributed by atoms with Gasteiger partial charge in [-0.1, -0.05) is 37.1 Å². The second kappa shape index (κ2) is 8.13. The third-order valence-corrected chi connectivity index (χ3v) is 5.19. The highest BCUT2D eigenvalue weighted by Crippen LogP contribution is 2.25. The molecule has 0 radical (unpaired) electrons. The van der Waals surface area contributed by atoms with E-state index in [4.69, 9.17) is 4.74 Å². The van der Waals surface area contributed by atoms with Crippen LogP contribution in [0.25, 0.3) is 0 Å². The third kappa shape index (κ3) is 4.58. The summed E-state index contributed by atoms with van der Waals surface area (Å²) >= 11 is 0. The van der Waals surface area contributed by atoms with Crippen molar-refractivity contribution in [3.05, 3.63) is 35.4 Å². The number of carbonyl (C=O) groups excluding carboxylic acids is 1. The van der Waals surface area contributed by atoms with Crippen LogP contribution < -0.4 is 5.32 Å². The second-order valence-corrected chi connectivity index (χ2v) is 7.42. The molecular weight excluding hydrogens is 300 g/mol. The summed E-state index contributed by atoms with van der Waals surface area (Å²) in [5.41, 5.74) is 2.54. The molecule has 1 heterocycles. The highest BCUT2D eigenvalue weighted by molar-refractivity contribution is 5.78. The zero-order valence-electron chi connectivity index (χ0n) is 15.0. The average Bonchev–Trinajstić information content (AvgIpc) is 3.07. The van der Waals surface area contributed by atoms with Gasteiger partial charge in [0, 0.05) is 32.1 Å². The smallest absolute Gasteiger partial charge is 0.223 e. The molecule has 3 rings (SSSR count). The molecule has 2 atom stereocenters. The molecule has 1 amide bonds. The minimum absolute atomic E-state index is 0.232. The Morgan fingerprint density at radius 1 is 1.12 bits per heavy atom. The molecule has 0 bridgehead atoms. The number of nitrogens with zero attached hydrogens (tertiary/aromatic N) is 1. The number of rotatable bonds is 5. The number of hydrogen-bond acceptors (Lipinski definition) is 3. The van der Waals surface area contributed by atoms with Gasteiger partial charge in [0.1, 0.15) is 0 Å². The van der Waals surface area contributed by atoms with Crippen LogP contribution in [-0.2, 0) is 22.6 Å². The summed E-state index contributed by atoms with van der Waals surface area (Å²) in [5, 5.41) is 3.15. The number of morpholine rings is 1. The third-order valence-electron chi connectivity index (χ3n) is 5.19. The first-order valence-corrected chi connectivity index (χ1v) is 9.34. The average molecular weight is 330 g/mol. The fourth-order valence-corrected chi connectivity index (χ4v) is 4.05. The van der Waals surface area contributed by atoms with Gasteiger partial charge < -0.3 is 10.1 Å². The normalized spacial score (nSPS) is 25.8. The van der Waals surface area contributed by atoms with Gasteiger partial charge in [-0.05, 0) is 37.8 Å². The van der Waals surface area contributed by atoms with Crippen LogP contribution in [0.3, 0.4) is 0 Å². The summed E-state index contributed by atoms with van der Waals surface area (Å²) in [5.74, 6) is 0.467. The molecule has 4 heteroatoms. The van der Waals surface area contributed by atoms with E-state index in [-0.39, 0.29) is 24.0 Å². The van der Waals surface area contributed by atoms with Crippen LogP contribution in [0.1, 0.15) is 50.7 Å². The molecule has 2 aliphatic rings. The van der Waals surface area contributed by atoms with E-state index >= 15 is 0 Å². The summed E-state index contributed by atoms with van der Waals surface area (Å²) in [7, 11) is 0. The fourth-order valence-electron chi connectivity index (χ4n) is 4.05. The van der Waals surface area contributed by atoms with E-state index in [1.807, 2.05) is 0 Å². The first kappa shape index (κ1) is 17.4. The second-order valence-electron chi connectivity index (χ2n) is 7.42. The molecule has 0 spiro atoms. The highest BCUT2D eigenvalue weighted by atomic mass is 16.5. The lowest BCUT2D eigenvalue weighted by molar-refractivity contribution is -0.124. The van der Waals surface area contributed by atoms with Crippen LogP contribution in [0.15, 0.2) is 24.3 Å². The van der Waals surface area contributed by atoms with Crippen molar-refractivity contribution in [2.24, 2.45) is 5.92 Å². The Balaban J connectivity index is 1.59. The molecule has 1 aliphatic carbocycles. The first-order chi connectivity index (χ1) is 11.6. The highest BCUT2D eigenvalue weighted by Gasteiger charge is 2.24. The molecule has 0 aromatic heterocycles. The van der Waals surface area contributed by atoms with Crippen LogP contribution in [-0.4, -0.2) is 36.1 Å². The van der Waals surface area contributed by atoms with Crippen LogP contribution in [0, 0.1) is 5.92 Å². The molecule has 1 saturated carbocycles. The van der Waals surface area contributed by atoms with Crippen LogP contribution >= 0.6 is 0 Å². The van der Waals surface area contributed by atoms with Gasteiger partial charge in [-0.3, -0.25) is 9.69 Å². The van der Waals surface area contributed by atoms with E-state index in [2.05, 4.69) is 48.3 Å². The van der Waals surface area contributed by atoms with Crippen molar-refractivity contribution < 1.29 is 9.53 Å². The predicted octanol–water partition coefficient (Wildman–Crippen LogP) is 3.10. The molecule has 24 heavy (non-hydrogen) atoms. The van der Waals surface area contributed by atoms with Crippen LogP contribution in [0.4, 0.5) is 0 Å². The Labute approximate surface area is 145 Å². The lowest BCUT2D eigenvalue weighted by Crippen LogP contribution is -2.45. The number of carbonyl (C=O) groups is 1. The van der Waals surface area contributed by atoms with Crippen molar-refractivity contribution in [2.45, 2.75) is 64.8 Å². The molecule has 1 saturated heterocycles. The maximum absolute atomic E-state index is 12.3. The SMILES string of the molecule is C[C@@H]1CN(Cc2ccccc2CNC(=O)C2CCCC2)C[C@@H](C)O1. The van der Waals surface area contributed by atoms with E-state index in [1.54, 1.807) is 0 Å². The first-order valence-electron chi connectivity index (χ1n) is 9.34. The van der Waals surface area contributed by atoms with Gasteiger partial charge in [-0.15, -0.1) is 0 Å². The lowest BCUT2D eigenvalue weighted by atomic mass is 10.0. The van der Waals surface area contributed by atoms with Crippen molar-refractivity contribution in [3.63, 3.8) is 0 Å². The van der Waals surface area contributed by atoms with Gasteiger partial charge in [0.2, 0.25) is 5.91 Å². The van der Waals surface area contributed by atoms with E-state index in [9.17, 15) is 4.79 Å². The van der Waals surface area contributed by atoms with Crippen molar-refractivity contribution in [3.8, 4) is 0 Å². The minimum Gasteiger partial charge on any atom is -0.373 e. The Bertz CT molecular complexity index is 544. The summed E-state index contributed by atoms with van der Waals surface area (Å²) in [6, 6.07) is 8.47.